The van der Waals surface area contributed by atoms with Crippen LogP contribution < -0.4 is 22.1 Å². The zero-order valence-electron chi connectivity index (χ0n) is 71.9. The number of amides is 7. The molecule has 0 bridgehead atoms. The highest BCUT2D eigenvalue weighted by Crippen LogP contribution is 2.34. The largest absolute Gasteiger partial charge is 0.481 e. The fourth-order valence-corrected chi connectivity index (χ4v) is 14.4. The van der Waals surface area contributed by atoms with E-state index >= 15 is 0 Å². The Morgan fingerprint density at radius 1 is 0.460 bits per heavy atom. The average Bonchev–Trinajstić information content (AvgIpc) is 1.58. The smallest absolute Gasteiger partial charge is 0.410 e. The molecule has 6 aliphatic heterocycles. The van der Waals surface area contributed by atoms with Gasteiger partial charge in [0.05, 0.1) is 23.7 Å². The molecule has 0 unspecified atom stereocenters. The standard InChI is InChI=1S/C28H34BrN5O6.C27H32BrN5O6.C19H26BrN5O2.C8H8O5.CHCl3.CH4O.CH4/c1-17-20(8-9-24(35)39-5)26(37)34(25(17)36)31-23-14-18(21-7-6-19(29)15-22(21)30-23)16-32-10-12-33(13-11-32)27(38)40-28(2,3)4;1-16-19(7-8-23(34)35)25(37)33(24(16)36)30-22-13-17(20-6-5-18(28)14-21(20)29-22)15-31-9-11-32(12-10-31)26(38)39-27(2,3)4;1-19(2,3)27-18(26)25-8-6-24(7-9-25)12-13-10-17(23-21)22-16-11-14(20)4-5-15(13)16;1-4-5(2-3-6(9)10)8(12)13-7(4)11;2-1(3)4;1-2;/h6-7,14-15H,8-13,16H2,1-5H3,(H,30,31);5-6,13-14H,7-12,15H2,1-4H3,(H,29,30)(H,34,35);4-5,10-11H,6-9,12,21H2,1-3H3,(H,22,23);2-3H2,1H3,(H,9,10);1H;2H,1H3;1H4. The number of pyridine rings is 3. The fraction of sp³-hybridized carbons (Fsp3) is 0.471. The number of hydrogen-bond acceptors (Lipinski definition) is 28. The quantitative estimate of drug-likeness (QED) is 0.00710. The predicted octanol–water partition coefficient (Wildman–Crippen LogP) is 13.8. The maximum atomic E-state index is 13.1. The third-order valence-electron chi connectivity index (χ3n) is 19.5. The molecule has 0 radical (unpaired) electrons. The van der Waals surface area contributed by atoms with Crippen LogP contribution in [0.3, 0.4) is 0 Å². The molecule has 3 aromatic heterocycles. The molecular formula is C85H109Br3Cl3N15O20. The van der Waals surface area contributed by atoms with Crippen molar-refractivity contribution in [3.05, 3.63) is 136 Å². The van der Waals surface area contributed by atoms with Crippen molar-refractivity contribution >= 4 is 205 Å². The van der Waals surface area contributed by atoms with Gasteiger partial charge in [0.1, 0.15) is 34.3 Å². The number of aromatic nitrogens is 3. The van der Waals surface area contributed by atoms with Crippen molar-refractivity contribution in [3.8, 4) is 0 Å². The first-order valence-corrected chi connectivity index (χ1v) is 43.3. The van der Waals surface area contributed by atoms with Gasteiger partial charge < -0.3 is 59.1 Å². The Balaban J connectivity index is 0.000000266. The van der Waals surface area contributed by atoms with Gasteiger partial charge in [0.15, 0.2) is 4.30 Å². The van der Waals surface area contributed by atoms with Crippen molar-refractivity contribution in [2.45, 2.75) is 170 Å². The lowest BCUT2D eigenvalue weighted by atomic mass is 10.1. The number of carboxylic acids is 2. The van der Waals surface area contributed by atoms with Gasteiger partial charge in [-0.1, -0.05) is 108 Å². The highest BCUT2D eigenvalue weighted by Gasteiger charge is 2.40. The van der Waals surface area contributed by atoms with Crippen LogP contribution in [-0.2, 0) is 86.5 Å². The number of fused-ring (bicyclic) bond motifs is 3. The normalized spacial score (nSPS) is 15.9. The van der Waals surface area contributed by atoms with E-state index in [9.17, 15) is 57.5 Å². The topological polar surface area (TPSA) is 438 Å². The van der Waals surface area contributed by atoms with Crippen molar-refractivity contribution in [2.75, 3.05) is 109 Å². The number of halogens is 6. The van der Waals surface area contributed by atoms with Crippen molar-refractivity contribution in [1.82, 2.24) is 54.4 Å². The van der Waals surface area contributed by atoms with E-state index < -0.39 is 74.6 Å². The maximum absolute atomic E-state index is 13.1. The molecule has 686 valence electrons. The maximum Gasteiger partial charge on any atom is 0.410 e. The summed E-state index contributed by atoms with van der Waals surface area (Å²) in [6.07, 6.45) is -1.15. The molecule has 3 saturated heterocycles. The van der Waals surface area contributed by atoms with Crippen LogP contribution in [0.1, 0.15) is 146 Å². The number of nitrogens with two attached hydrogens (primary N) is 1. The number of alkyl halides is 3. The number of hydrazine groups is 3. The zero-order chi connectivity index (χ0) is 92.9. The highest BCUT2D eigenvalue weighted by molar-refractivity contribution is 9.11. The minimum absolute atomic E-state index is 0. The Morgan fingerprint density at radius 3 is 1.03 bits per heavy atom. The number of carboxylic acid groups (broad SMARTS) is 2. The van der Waals surface area contributed by atoms with E-state index in [0.29, 0.717) is 107 Å². The van der Waals surface area contributed by atoms with Gasteiger partial charge in [0, 0.05) is 188 Å². The second-order valence-electron chi connectivity index (χ2n) is 32.1. The van der Waals surface area contributed by atoms with Crippen molar-refractivity contribution < 1.29 is 96.5 Å². The molecule has 6 aromatic rings. The molecule has 0 atom stereocenters. The van der Waals surface area contributed by atoms with E-state index in [1.54, 1.807) is 21.6 Å². The van der Waals surface area contributed by atoms with Gasteiger partial charge in [0.25, 0.3) is 23.6 Å². The van der Waals surface area contributed by atoms with Crippen molar-refractivity contribution in [2.24, 2.45) is 5.84 Å². The van der Waals surface area contributed by atoms with Gasteiger partial charge in [-0.05, 0) is 174 Å². The molecule has 3 fully saturated rings. The van der Waals surface area contributed by atoms with E-state index in [4.69, 9.17) is 70.2 Å². The number of hydrogen-bond donors (Lipinski definition) is 7. The summed E-state index contributed by atoms with van der Waals surface area (Å²) in [5.41, 5.74) is 13.5. The molecule has 9 heterocycles. The van der Waals surface area contributed by atoms with E-state index in [1.807, 2.05) is 129 Å². The predicted molar refractivity (Wildman–Crippen MR) is 487 cm³/mol. The third kappa shape index (κ3) is 31.1. The summed E-state index contributed by atoms with van der Waals surface area (Å²) in [7, 11) is 2.28. The number of carbonyl (C=O) groups excluding carboxylic acids is 10. The molecule has 7 amide bonds. The van der Waals surface area contributed by atoms with Gasteiger partial charge in [-0.25, -0.2) is 44.8 Å². The molecule has 126 heavy (non-hydrogen) atoms. The van der Waals surface area contributed by atoms with E-state index in [2.05, 4.69) is 109 Å². The van der Waals surface area contributed by atoms with Crippen LogP contribution >= 0.6 is 82.6 Å². The molecule has 0 spiro atoms. The highest BCUT2D eigenvalue weighted by atomic mass is 79.9. The number of aliphatic carboxylic acids is 2. The van der Waals surface area contributed by atoms with Crippen LogP contribution in [0.2, 0.25) is 0 Å². The van der Waals surface area contributed by atoms with Gasteiger partial charge in [-0.2, -0.15) is 10.0 Å². The molecule has 8 N–H and O–H groups in total. The summed E-state index contributed by atoms with van der Waals surface area (Å²) in [6.45, 7) is 30.9. The number of nitrogen functional groups attached to an aromatic ring is 1. The minimum Gasteiger partial charge on any atom is -0.481 e. The van der Waals surface area contributed by atoms with Crippen molar-refractivity contribution in [3.63, 3.8) is 0 Å². The lowest BCUT2D eigenvalue weighted by molar-refractivity contribution is -0.151. The first-order chi connectivity index (χ1) is 58.7. The number of cyclic esters (lactones) is 2. The molecular weight excluding hydrogens is 1900 g/mol. The summed E-state index contributed by atoms with van der Waals surface area (Å²) < 4.78 is 27.3. The third-order valence-corrected chi connectivity index (χ3v) is 21.0. The number of aliphatic hydroxyl groups is 1. The number of imide groups is 2. The Kier molecular flexibility index (Phi) is 39.5. The first kappa shape index (κ1) is 105. The number of nitrogens with one attached hydrogen (secondary N) is 3. The minimum atomic E-state index is -1.04. The van der Waals surface area contributed by atoms with Crippen LogP contribution in [0.15, 0.2) is 120 Å². The Hall–Kier alpha value is -9.74. The Morgan fingerprint density at radius 2 is 0.754 bits per heavy atom. The summed E-state index contributed by atoms with van der Waals surface area (Å²) in [5.74, 6) is 0.891. The van der Waals surface area contributed by atoms with E-state index in [0.717, 1.165) is 88.5 Å². The number of anilines is 3. The fourth-order valence-electron chi connectivity index (χ4n) is 13.3. The molecule has 0 saturated carbocycles. The molecule has 0 aliphatic carbocycles. The summed E-state index contributed by atoms with van der Waals surface area (Å²) in [4.78, 5) is 169. The Bertz CT molecular complexity index is 5130. The van der Waals surface area contributed by atoms with Gasteiger partial charge >= 0.3 is 48.1 Å². The summed E-state index contributed by atoms with van der Waals surface area (Å²) in [6, 6.07) is 23.2. The number of esters is 3. The van der Waals surface area contributed by atoms with E-state index in [-0.39, 0.29) is 97.7 Å². The molecule has 6 aliphatic rings. The van der Waals surface area contributed by atoms with Gasteiger partial charge in [-0.15, -0.1) is 0 Å². The number of nitrogens with zero attached hydrogens (tertiary/aromatic N) is 11. The number of piperazine rings is 3. The van der Waals surface area contributed by atoms with Crippen LogP contribution in [0.5, 0.6) is 0 Å². The number of benzene rings is 3. The first-order valence-electron chi connectivity index (χ1n) is 39.6. The lowest BCUT2D eigenvalue weighted by Gasteiger charge is -2.35. The molecule has 41 heteroatoms. The summed E-state index contributed by atoms with van der Waals surface area (Å²) >= 11 is 24.9. The van der Waals surface area contributed by atoms with E-state index in [1.165, 1.54) is 21.0 Å². The Labute approximate surface area is 771 Å². The molecule has 12 rings (SSSR count). The second kappa shape index (κ2) is 47.4. The number of methoxy groups -OCH3 is 1. The molecule has 35 nitrogen and oxygen atoms in total. The van der Waals surface area contributed by atoms with Gasteiger partial charge in [0.2, 0.25) is 0 Å². The number of aliphatic hydroxyl groups excluding tert-OH is 1. The van der Waals surface area contributed by atoms with Gasteiger partial charge in [-0.3, -0.25) is 59.1 Å². The lowest BCUT2D eigenvalue weighted by Crippen LogP contribution is -2.49. The second-order valence-corrected chi connectivity index (χ2v) is 36.8. The molecule has 3 aromatic carbocycles. The van der Waals surface area contributed by atoms with Crippen LogP contribution in [0.25, 0.3) is 32.7 Å². The number of carbonyl (C=O) groups is 12. The zero-order valence-corrected chi connectivity index (χ0v) is 78.9. The van der Waals surface area contributed by atoms with Crippen LogP contribution in [-0.4, -0.2) is 255 Å². The van der Waals surface area contributed by atoms with Crippen LogP contribution in [0, 0.1) is 0 Å². The monoisotopic (exact) mass is 2000 g/mol. The SMILES string of the molecule is C.CC(C)(C)OC(=O)N1CCN(Cc2cc(NN)nc3cc(Br)ccc23)CC1.CC1=C(CCC(=O)O)C(=O)N(Nc2cc(CN3CCN(C(=O)OC(C)(C)C)CC3)c3ccc(Br)cc3n2)C1=O.CC1=C(CCC(=O)O)C(=O)OC1=O.CO.COC(=O)CCC1=C(C)C(=O)N(Nc2cc(CN3CCN(C(=O)OC(C)(C)C)CC3)c3ccc(Br)cc3n2)C1=O.ClC(Cl)Cl. The number of rotatable bonds is 20. The average molecular weight is 2010 g/mol. The van der Waals surface area contributed by atoms with Crippen LogP contribution in [0.4, 0.5) is 31.8 Å². The summed E-state index contributed by atoms with van der Waals surface area (Å²) in [5, 5.41) is 29.2. The number of ether oxygens (including phenoxy) is 5. The van der Waals surface area contributed by atoms with Crippen molar-refractivity contribution in [1.29, 1.82) is 0 Å².